The SMILES string of the molecule is Cn1cc(Cn2cc(CN3CC(NC(=O)c4cn(C5CC5)nn4)C3)cn2)cn1. The van der Waals surface area contributed by atoms with Gasteiger partial charge in [0.15, 0.2) is 5.69 Å². The highest BCUT2D eigenvalue weighted by atomic mass is 16.2. The van der Waals surface area contributed by atoms with E-state index in [4.69, 9.17) is 0 Å². The predicted octanol–water partition coefficient (Wildman–Crippen LogP) is 0.206. The van der Waals surface area contributed by atoms with Crippen LogP contribution in [0.25, 0.3) is 0 Å². The second kappa shape index (κ2) is 6.86. The van der Waals surface area contributed by atoms with Gasteiger partial charge in [-0.1, -0.05) is 5.21 Å². The molecule has 1 saturated carbocycles. The molecule has 1 amide bonds. The maximum Gasteiger partial charge on any atom is 0.273 e. The average Bonchev–Trinajstić information content (AvgIpc) is 3.04. The summed E-state index contributed by atoms with van der Waals surface area (Å²) in [5, 5.41) is 19.7. The molecule has 0 unspecified atom stereocenters. The topological polar surface area (TPSA) is 98.7 Å². The minimum atomic E-state index is -0.138. The number of aryl methyl sites for hydroxylation is 1. The molecule has 1 saturated heterocycles. The summed E-state index contributed by atoms with van der Waals surface area (Å²) >= 11 is 0. The summed E-state index contributed by atoms with van der Waals surface area (Å²) < 4.78 is 5.51. The maximum absolute atomic E-state index is 12.3. The smallest absolute Gasteiger partial charge is 0.273 e. The van der Waals surface area contributed by atoms with E-state index in [9.17, 15) is 4.79 Å². The molecule has 10 nitrogen and oxygen atoms in total. The zero-order chi connectivity index (χ0) is 19.1. The molecule has 0 radical (unpaired) electrons. The van der Waals surface area contributed by atoms with E-state index in [1.54, 1.807) is 15.6 Å². The van der Waals surface area contributed by atoms with Crippen LogP contribution in [0.1, 0.15) is 40.5 Å². The number of nitrogens with one attached hydrogen (secondary N) is 1. The van der Waals surface area contributed by atoms with E-state index < -0.39 is 0 Å². The molecule has 10 heteroatoms. The zero-order valence-electron chi connectivity index (χ0n) is 15.8. The normalized spacial score (nSPS) is 17.6. The number of carbonyl (C=O) groups is 1. The third-order valence-electron chi connectivity index (χ3n) is 5.15. The molecule has 0 bridgehead atoms. The Morgan fingerprint density at radius 1 is 1.11 bits per heavy atom. The van der Waals surface area contributed by atoms with Gasteiger partial charge in [-0.25, -0.2) is 4.68 Å². The van der Waals surface area contributed by atoms with Crippen molar-refractivity contribution in [3.05, 3.63) is 47.8 Å². The van der Waals surface area contributed by atoms with Crippen molar-refractivity contribution in [1.29, 1.82) is 0 Å². The molecule has 28 heavy (non-hydrogen) atoms. The monoisotopic (exact) mass is 381 g/mol. The van der Waals surface area contributed by atoms with Crippen LogP contribution in [0, 0.1) is 0 Å². The van der Waals surface area contributed by atoms with Crippen molar-refractivity contribution < 1.29 is 4.79 Å². The molecule has 2 fully saturated rings. The number of rotatable bonds is 7. The Balaban J connectivity index is 1.08. The van der Waals surface area contributed by atoms with Crippen molar-refractivity contribution in [3.63, 3.8) is 0 Å². The molecule has 1 aliphatic carbocycles. The Bertz CT molecular complexity index is 977. The van der Waals surface area contributed by atoms with E-state index in [-0.39, 0.29) is 11.9 Å². The van der Waals surface area contributed by atoms with E-state index in [0.717, 1.165) is 38.0 Å². The van der Waals surface area contributed by atoms with Gasteiger partial charge in [-0.3, -0.25) is 19.1 Å². The fourth-order valence-corrected chi connectivity index (χ4v) is 3.52. The number of nitrogens with zero attached hydrogens (tertiary/aromatic N) is 8. The van der Waals surface area contributed by atoms with Crippen LogP contribution < -0.4 is 5.32 Å². The van der Waals surface area contributed by atoms with Crippen LogP contribution in [0.4, 0.5) is 0 Å². The van der Waals surface area contributed by atoms with E-state index in [1.165, 1.54) is 5.56 Å². The number of hydrogen-bond acceptors (Lipinski definition) is 6. The highest BCUT2D eigenvalue weighted by Crippen LogP contribution is 2.33. The van der Waals surface area contributed by atoms with E-state index in [0.29, 0.717) is 18.3 Å². The number of carbonyl (C=O) groups excluding carboxylic acids is 1. The van der Waals surface area contributed by atoms with Gasteiger partial charge in [0.25, 0.3) is 5.91 Å². The molecule has 0 spiro atoms. The van der Waals surface area contributed by atoms with Crippen LogP contribution in [0.2, 0.25) is 0 Å². The first-order chi connectivity index (χ1) is 13.6. The van der Waals surface area contributed by atoms with Gasteiger partial charge >= 0.3 is 0 Å². The summed E-state index contributed by atoms with van der Waals surface area (Å²) in [5.41, 5.74) is 2.70. The first kappa shape index (κ1) is 17.1. The molecule has 146 valence electrons. The Hall–Kier alpha value is -3.01. The number of aromatic nitrogens is 7. The minimum absolute atomic E-state index is 0.138. The van der Waals surface area contributed by atoms with Gasteiger partial charge in [-0.2, -0.15) is 10.2 Å². The molecule has 1 aliphatic heterocycles. The lowest BCUT2D eigenvalue weighted by Crippen LogP contribution is -2.58. The van der Waals surface area contributed by atoms with Crippen LogP contribution in [0.15, 0.2) is 31.0 Å². The lowest BCUT2D eigenvalue weighted by molar-refractivity contribution is 0.0790. The fourth-order valence-electron chi connectivity index (χ4n) is 3.52. The number of hydrogen-bond donors (Lipinski definition) is 1. The Labute approximate surface area is 162 Å². The first-order valence-electron chi connectivity index (χ1n) is 9.56. The molecular formula is C18H23N9O. The Morgan fingerprint density at radius 2 is 1.89 bits per heavy atom. The largest absolute Gasteiger partial charge is 0.345 e. The second-order valence-corrected chi connectivity index (χ2v) is 7.75. The summed E-state index contributed by atoms with van der Waals surface area (Å²) in [6.07, 6.45) is 11.8. The lowest BCUT2D eigenvalue weighted by atomic mass is 10.1. The molecule has 5 rings (SSSR count). The van der Waals surface area contributed by atoms with Crippen LogP contribution in [0.5, 0.6) is 0 Å². The Kier molecular flexibility index (Phi) is 4.19. The van der Waals surface area contributed by atoms with Crippen LogP contribution in [-0.2, 0) is 20.1 Å². The molecular weight excluding hydrogens is 358 g/mol. The van der Waals surface area contributed by atoms with Crippen molar-refractivity contribution in [3.8, 4) is 0 Å². The van der Waals surface area contributed by atoms with Crippen molar-refractivity contribution in [2.45, 2.75) is 38.0 Å². The molecule has 0 aromatic carbocycles. The van der Waals surface area contributed by atoms with Crippen molar-refractivity contribution in [2.75, 3.05) is 13.1 Å². The van der Waals surface area contributed by atoms with Gasteiger partial charge in [0.1, 0.15) is 0 Å². The summed E-state index contributed by atoms with van der Waals surface area (Å²) in [6.45, 7) is 3.21. The van der Waals surface area contributed by atoms with Crippen LogP contribution >= 0.6 is 0 Å². The van der Waals surface area contributed by atoms with Gasteiger partial charge in [0.05, 0.1) is 37.2 Å². The van der Waals surface area contributed by atoms with E-state index in [2.05, 4.69) is 36.9 Å². The summed E-state index contributed by atoms with van der Waals surface area (Å²) in [7, 11) is 1.91. The third kappa shape index (κ3) is 3.68. The second-order valence-electron chi connectivity index (χ2n) is 7.75. The fraction of sp³-hybridized carbons (Fsp3) is 0.500. The van der Waals surface area contributed by atoms with Gasteiger partial charge in [0, 0.05) is 50.2 Å². The van der Waals surface area contributed by atoms with E-state index in [1.807, 2.05) is 30.3 Å². The number of likely N-dealkylation sites (tertiary alicyclic amines) is 1. The van der Waals surface area contributed by atoms with Crippen LogP contribution in [0.3, 0.4) is 0 Å². The summed E-state index contributed by atoms with van der Waals surface area (Å²) in [5.74, 6) is -0.138. The van der Waals surface area contributed by atoms with Crippen LogP contribution in [-0.4, -0.2) is 64.5 Å². The third-order valence-corrected chi connectivity index (χ3v) is 5.15. The quantitative estimate of drug-likeness (QED) is 0.628. The first-order valence-corrected chi connectivity index (χ1v) is 9.56. The maximum atomic E-state index is 12.3. The van der Waals surface area contributed by atoms with E-state index >= 15 is 0 Å². The number of amides is 1. The van der Waals surface area contributed by atoms with Gasteiger partial charge in [-0.05, 0) is 12.8 Å². The zero-order valence-corrected chi connectivity index (χ0v) is 15.8. The Morgan fingerprint density at radius 3 is 2.64 bits per heavy atom. The van der Waals surface area contributed by atoms with Gasteiger partial charge in [0.2, 0.25) is 0 Å². The molecule has 3 aromatic rings. The van der Waals surface area contributed by atoms with Gasteiger partial charge < -0.3 is 5.32 Å². The van der Waals surface area contributed by atoms with Gasteiger partial charge in [-0.15, -0.1) is 5.10 Å². The highest BCUT2D eigenvalue weighted by molar-refractivity contribution is 5.92. The average molecular weight is 381 g/mol. The lowest BCUT2D eigenvalue weighted by Gasteiger charge is -2.39. The summed E-state index contributed by atoms with van der Waals surface area (Å²) in [4.78, 5) is 14.6. The highest BCUT2D eigenvalue weighted by Gasteiger charge is 2.30. The molecule has 4 heterocycles. The summed E-state index contributed by atoms with van der Waals surface area (Å²) in [6, 6.07) is 0.594. The standard InChI is InChI=1S/C18H23N9O/c1-24-6-13(4-19-24)8-26-9-14(5-20-26)7-25-10-15(11-25)21-18(28)17-12-27(23-22-17)16-2-3-16/h4-6,9,12,15-16H,2-3,7-8,10-11H2,1H3,(H,21,28). The minimum Gasteiger partial charge on any atom is -0.345 e. The molecule has 1 N–H and O–H groups in total. The van der Waals surface area contributed by atoms with Crippen molar-refractivity contribution >= 4 is 5.91 Å². The predicted molar refractivity (Wildman–Crippen MR) is 99.4 cm³/mol. The molecule has 3 aromatic heterocycles. The van der Waals surface area contributed by atoms with Crippen molar-refractivity contribution in [2.24, 2.45) is 7.05 Å². The molecule has 0 atom stereocenters. The van der Waals surface area contributed by atoms with Crippen molar-refractivity contribution in [1.82, 2.24) is 44.8 Å². The molecule has 2 aliphatic rings.